The zero-order chi connectivity index (χ0) is 55.4. The van der Waals surface area contributed by atoms with Gasteiger partial charge in [-0.3, -0.25) is 9.59 Å². The lowest BCUT2D eigenvalue weighted by atomic mass is 9.99. The first-order valence-corrected chi connectivity index (χ1v) is 31.6. The summed E-state index contributed by atoms with van der Waals surface area (Å²) in [5.41, 5.74) is 0. The maximum Gasteiger partial charge on any atom is 0.306 e. The Labute approximate surface area is 465 Å². The van der Waals surface area contributed by atoms with Crippen LogP contribution in [-0.4, -0.2) is 99.6 Å². The van der Waals surface area contributed by atoms with Crippen molar-refractivity contribution in [2.75, 3.05) is 13.2 Å². The van der Waals surface area contributed by atoms with Crippen LogP contribution in [0.3, 0.4) is 0 Å². The van der Waals surface area contributed by atoms with Gasteiger partial charge in [-0.1, -0.05) is 248 Å². The number of aliphatic hydroxyl groups is 5. The molecule has 76 heavy (non-hydrogen) atoms. The highest BCUT2D eigenvalue weighted by molar-refractivity contribution is 5.80. The maximum absolute atomic E-state index is 13.4. The van der Waals surface area contributed by atoms with Gasteiger partial charge in [0.25, 0.3) is 0 Å². The summed E-state index contributed by atoms with van der Waals surface area (Å²) >= 11 is 0. The van der Waals surface area contributed by atoms with Crippen molar-refractivity contribution in [3.05, 3.63) is 60.8 Å². The van der Waals surface area contributed by atoms with Crippen LogP contribution in [0.25, 0.3) is 0 Å². The first-order chi connectivity index (χ1) is 37.2. The fourth-order valence-electron chi connectivity index (χ4n) is 9.58. The third-order valence-corrected chi connectivity index (χ3v) is 14.6. The lowest BCUT2D eigenvalue weighted by molar-refractivity contribution is -0.305. The van der Waals surface area contributed by atoms with Gasteiger partial charge in [-0.05, 0) is 83.5 Å². The van der Waals surface area contributed by atoms with Crippen molar-refractivity contribution in [1.82, 2.24) is 5.32 Å². The predicted octanol–water partition coefficient (Wildman–Crippen LogP) is 15.0. The van der Waals surface area contributed by atoms with E-state index in [0.717, 1.165) is 96.3 Å². The summed E-state index contributed by atoms with van der Waals surface area (Å²) in [6.07, 6.45) is 55.6. The molecule has 8 atom stereocenters. The maximum atomic E-state index is 13.4. The van der Waals surface area contributed by atoms with Crippen LogP contribution in [0.5, 0.6) is 0 Å². The molecule has 1 amide bonds. The number of amides is 1. The van der Waals surface area contributed by atoms with Crippen molar-refractivity contribution in [1.29, 1.82) is 0 Å². The Balaban J connectivity index is 2.61. The Morgan fingerprint density at radius 2 is 0.921 bits per heavy atom. The van der Waals surface area contributed by atoms with Crippen LogP contribution >= 0.6 is 0 Å². The highest BCUT2D eigenvalue weighted by Crippen LogP contribution is 2.26. The Morgan fingerprint density at radius 1 is 0.513 bits per heavy atom. The molecule has 11 nitrogen and oxygen atoms in total. The van der Waals surface area contributed by atoms with Crippen LogP contribution in [0, 0.1) is 0 Å². The molecule has 1 fully saturated rings. The second-order valence-corrected chi connectivity index (χ2v) is 21.8. The fraction of sp³-hybridized carbons (Fsp3) is 0.815. The molecular formula is C65H117NO10. The highest BCUT2D eigenvalue weighted by Gasteiger charge is 2.47. The molecule has 0 aromatic carbocycles. The number of rotatable bonds is 53. The fourth-order valence-corrected chi connectivity index (χ4v) is 9.58. The first-order valence-electron chi connectivity index (χ1n) is 31.6. The molecule has 1 rings (SSSR count). The number of allylic oxidation sites excluding steroid dienone is 9. The number of ether oxygens (including phenoxy) is 3. The molecule has 0 saturated carbocycles. The van der Waals surface area contributed by atoms with Crippen molar-refractivity contribution in [2.45, 2.75) is 327 Å². The van der Waals surface area contributed by atoms with E-state index in [4.69, 9.17) is 14.2 Å². The van der Waals surface area contributed by atoms with Gasteiger partial charge in [0.1, 0.15) is 24.4 Å². The van der Waals surface area contributed by atoms with Gasteiger partial charge in [0.15, 0.2) is 12.4 Å². The van der Waals surface area contributed by atoms with Gasteiger partial charge in [0, 0.05) is 6.42 Å². The largest absolute Gasteiger partial charge is 0.454 e. The van der Waals surface area contributed by atoms with E-state index in [2.05, 4.69) is 74.7 Å². The zero-order valence-electron chi connectivity index (χ0n) is 48.9. The van der Waals surface area contributed by atoms with Crippen molar-refractivity contribution in [3.63, 3.8) is 0 Å². The summed E-state index contributed by atoms with van der Waals surface area (Å²) < 4.78 is 17.6. The van der Waals surface area contributed by atoms with Gasteiger partial charge in [-0.2, -0.15) is 0 Å². The van der Waals surface area contributed by atoms with E-state index < -0.39 is 67.4 Å². The van der Waals surface area contributed by atoms with E-state index in [0.29, 0.717) is 12.8 Å². The molecule has 6 N–H and O–H groups in total. The number of aliphatic hydroxyl groups excluding tert-OH is 5. The second kappa shape index (κ2) is 53.0. The minimum absolute atomic E-state index is 0.112. The van der Waals surface area contributed by atoms with E-state index in [-0.39, 0.29) is 19.4 Å². The van der Waals surface area contributed by atoms with Crippen molar-refractivity contribution in [2.24, 2.45) is 0 Å². The minimum atomic E-state index is -1.62. The number of hydrogen-bond acceptors (Lipinski definition) is 10. The van der Waals surface area contributed by atoms with Crippen molar-refractivity contribution in [3.8, 4) is 0 Å². The molecule has 1 saturated heterocycles. The predicted molar refractivity (Wildman–Crippen MR) is 315 cm³/mol. The lowest BCUT2D eigenvalue weighted by Crippen LogP contribution is -2.61. The molecule has 0 aromatic heterocycles. The average molecular weight is 1070 g/mol. The van der Waals surface area contributed by atoms with E-state index in [1.807, 2.05) is 6.08 Å². The first kappa shape index (κ1) is 71.4. The van der Waals surface area contributed by atoms with Crippen LogP contribution in [0.4, 0.5) is 0 Å². The van der Waals surface area contributed by atoms with Crippen LogP contribution < -0.4 is 5.32 Å². The van der Waals surface area contributed by atoms with E-state index in [9.17, 15) is 35.1 Å². The minimum Gasteiger partial charge on any atom is -0.454 e. The summed E-state index contributed by atoms with van der Waals surface area (Å²) in [4.78, 5) is 26.5. The molecule has 1 aliphatic rings. The summed E-state index contributed by atoms with van der Waals surface area (Å²) in [5.74, 6) is -1.20. The number of nitrogens with one attached hydrogen (secondary N) is 1. The SMILES string of the molecule is CCCC/C=C\CCCCCCCC(=O)OC1C(OCC(NC(=O)C(O)CCCCCCCCCCCCC/C=C\C/C=C\C/C=C\CCCCC)C(O)/C=C/CCCCCCCCCCCC)OC(CO)C(O)C1O. The third kappa shape index (κ3) is 40.5. The van der Waals surface area contributed by atoms with Gasteiger partial charge in [0.05, 0.1) is 25.4 Å². The molecular weight excluding hydrogens is 955 g/mol. The zero-order valence-corrected chi connectivity index (χ0v) is 48.9. The van der Waals surface area contributed by atoms with Crippen LogP contribution in [0.15, 0.2) is 60.8 Å². The summed E-state index contributed by atoms with van der Waals surface area (Å²) in [6.45, 7) is 5.71. The molecule has 0 radical (unpaired) electrons. The standard InChI is InChI=1S/C65H117NO10/c1-4-7-10-13-16-19-22-24-25-26-27-28-29-30-31-32-33-34-35-38-40-43-46-49-52-58(69)64(73)66-56(57(68)51-48-45-42-39-37-23-20-17-14-11-8-5-2)55-74-65-63(62(72)61(71)59(54-67)75-65)76-60(70)53-50-47-44-41-36-21-18-15-12-9-6-3/h15-16,18-19,24-25,27-28,48,51,56-59,61-63,65,67-69,71-72H,4-14,17,20-23,26,29-47,49-50,52-55H2,1-3H3,(H,66,73)/b18-15-,19-16-,25-24-,28-27-,51-48+. The van der Waals surface area contributed by atoms with Gasteiger partial charge >= 0.3 is 5.97 Å². The average Bonchev–Trinajstić information content (AvgIpc) is 3.42. The van der Waals surface area contributed by atoms with Crippen LogP contribution in [-0.2, 0) is 23.8 Å². The Hall–Kier alpha value is -2.64. The smallest absolute Gasteiger partial charge is 0.306 e. The number of esters is 1. The van der Waals surface area contributed by atoms with Crippen molar-refractivity contribution < 1.29 is 49.3 Å². The molecule has 0 bridgehead atoms. The monoisotopic (exact) mass is 1070 g/mol. The Kier molecular flexibility index (Phi) is 49.8. The molecule has 0 aromatic rings. The lowest BCUT2D eigenvalue weighted by Gasteiger charge is -2.41. The second-order valence-electron chi connectivity index (χ2n) is 21.8. The van der Waals surface area contributed by atoms with Gasteiger partial charge in [-0.15, -0.1) is 0 Å². The summed E-state index contributed by atoms with van der Waals surface area (Å²) in [6, 6.07) is -1.03. The number of hydrogen-bond donors (Lipinski definition) is 6. The molecule has 1 aliphatic heterocycles. The molecule has 11 heteroatoms. The molecule has 0 aliphatic carbocycles. The number of carbonyl (C=O) groups is 2. The summed E-state index contributed by atoms with van der Waals surface area (Å²) in [5, 5.41) is 56.9. The summed E-state index contributed by atoms with van der Waals surface area (Å²) in [7, 11) is 0. The van der Waals surface area contributed by atoms with Gasteiger partial charge in [-0.25, -0.2) is 0 Å². The van der Waals surface area contributed by atoms with Gasteiger partial charge < -0.3 is 45.1 Å². The van der Waals surface area contributed by atoms with Gasteiger partial charge in [0.2, 0.25) is 5.91 Å². The molecule has 0 spiro atoms. The van der Waals surface area contributed by atoms with Crippen LogP contribution in [0.1, 0.15) is 278 Å². The topological polar surface area (TPSA) is 175 Å². The number of carbonyl (C=O) groups excluding carboxylic acids is 2. The molecule has 8 unspecified atom stereocenters. The Morgan fingerprint density at radius 3 is 1.43 bits per heavy atom. The quantitative estimate of drug-likeness (QED) is 0.0195. The van der Waals surface area contributed by atoms with E-state index in [1.54, 1.807) is 6.08 Å². The third-order valence-electron chi connectivity index (χ3n) is 14.6. The normalized spacial score (nSPS) is 19.5. The Bertz CT molecular complexity index is 1460. The van der Waals surface area contributed by atoms with Crippen LogP contribution in [0.2, 0.25) is 0 Å². The molecule has 1 heterocycles. The van der Waals surface area contributed by atoms with E-state index in [1.165, 1.54) is 135 Å². The molecule has 442 valence electrons. The number of unbranched alkanes of at least 4 members (excludes halogenated alkanes) is 31. The van der Waals surface area contributed by atoms with E-state index >= 15 is 0 Å². The van der Waals surface area contributed by atoms with Crippen molar-refractivity contribution >= 4 is 11.9 Å². The highest BCUT2D eigenvalue weighted by atomic mass is 16.7.